The number of ether oxygens (including phenoxy) is 1. The Morgan fingerprint density at radius 3 is 2.62 bits per heavy atom. The van der Waals surface area contributed by atoms with Crippen LogP contribution in [0.1, 0.15) is 71.6 Å². The minimum Gasteiger partial charge on any atom is -0.487 e. The lowest BCUT2D eigenvalue weighted by Crippen LogP contribution is -2.34. The summed E-state index contributed by atoms with van der Waals surface area (Å²) in [5.41, 5.74) is 9.08. The third kappa shape index (κ3) is 5.22. The number of nitrogens with one attached hydrogen (secondary N) is 1. The molecule has 3 rings (SSSR count). The van der Waals surface area contributed by atoms with Gasteiger partial charge >= 0.3 is 0 Å². The molecule has 0 fully saturated rings. The molecule has 0 aliphatic carbocycles. The van der Waals surface area contributed by atoms with Crippen LogP contribution >= 0.6 is 11.3 Å². The second-order valence-electron chi connectivity index (χ2n) is 9.08. The SMILES string of the molecule is Cc1c(C)c(S(=O)(=O)NCCCC[C@H](N)C(=O)c2nccs2)c(C)c2c1OC(C)(C)CC2. The normalized spacial score (nSPS) is 16.3. The van der Waals surface area contributed by atoms with Crippen LogP contribution in [0.15, 0.2) is 16.5 Å². The van der Waals surface area contributed by atoms with Gasteiger partial charge in [0.05, 0.1) is 10.9 Å². The third-order valence-corrected chi connectivity index (χ3v) is 8.67. The summed E-state index contributed by atoms with van der Waals surface area (Å²) in [5, 5.41) is 2.16. The minimum atomic E-state index is -3.67. The van der Waals surface area contributed by atoms with Gasteiger partial charge in [0.15, 0.2) is 5.01 Å². The zero-order valence-corrected chi connectivity index (χ0v) is 21.1. The van der Waals surface area contributed by atoms with Crippen molar-refractivity contribution in [3.8, 4) is 5.75 Å². The van der Waals surface area contributed by atoms with Gasteiger partial charge in [0, 0.05) is 18.1 Å². The van der Waals surface area contributed by atoms with E-state index in [1.165, 1.54) is 11.3 Å². The molecule has 2 heterocycles. The molecule has 0 saturated heterocycles. The monoisotopic (exact) mass is 479 g/mol. The highest BCUT2D eigenvalue weighted by atomic mass is 32.2. The second kappa shape index (κ2) is 9.59. The van der Waals surface area contributed by atoms with Crippen LogP contribution in [0.2, 0.25) is 0 Å². The fraction of sp³-hybridized carbons (Fsp3) is 0.565. The van der Waals surface area contributed by atoms with Crippen LogP contribution in [-0.2, 0) is 16.4 Å². The van der Waals surface area contributed by atoms with Gasteiger partial charge in [-0.1, -0.05) is 6.42 Å². The van der Waals surface area contributed by atoms with Crippen LogP contribution in [0.5, 0.6) is 5.75 Å². The number of aromatic nitrogens is 1. The van der Waals surface area contributed by atoms with Gasteiger partial charge < -0.3 is 10.5 Å². The molecule has 1 aliphatic rings. The molecule has 176 valence electrons. The molecule has 0 unspecified atom stereocenters. The molecule has 1 aromatic carbocycles. The first-order valence-corrected chi connectivity index (χ1v) is 13.3. The first-order valence-electron chi connectivity index (χ1n) is 10.9. The Bertz CT molecular complexity index is 1090. The van der Waals surface area contributed by atoms with E-state index in [2.05, 4.69) is 23.6 Å². The predicted molar refractivity (Wildman–Crippen MR) is 127 cm³/mol. The van der Waals surface area contributed by atoms with E-state index in [-0.39, 0.29) is 11.4 Å². The number of Topliss-reactive ketones (excluding diaryl/α,β-unsaturated/α-hetero) is 1. The zero-order chi connectivity index (χ0) is 23.7. The summed E-state index contributed by atoms with van der Waals surface area (Å²) < 4.78 is 35.3. The number of benzene rings is 1. The van der Waals surface area contributed by atoms with E-state index in [0.717, 1.165) is 40.8 Å². The van der Waals surface area contributed by atoms with Gasteiger partial charge in [-0.05, 0) is 82.6 Å². The van der Waals surface area contributed by atoms with Crippen molar-refractivity contribution in [2.24, 2.45) is 5.73 Å². The molecule has 0 bridgehead atoms. The van der Waals surface area contributed by atoms with Crippen LogP contribution in [0, 0.1) is 20.8 Å². The topological polar surface area (TPSA) is 111 Å². The Hall–Kier alpha value is -1.81. The molecule has 2 aromatic rings. The van der Waals surface area contributed by atoms with Crippen LogP contribution in [-0.4, -0.2) is 37.4 Å². The molecule has 9 heteroatoms. The van der Waals surface area contributed by atoms with Crippen molar-refractivity contribution in [3.05, 3.63) is 38.8 Å². The Morgan fingerprint density at radius 1 is 1.25 bits per heavy atom. The molecule has 1 aliphatic heterocycles. The lowest BCUT2D eigenvalue weighted by Gasteiger charge is -2.35. The first-order chi connectivity index (χ1) is 14.9. The fourth-order valence-electron chi connectivity index (χ4n) is 4.15. The van der Waals surface area contributed by atoms with E-state index in [4.69, 9.17) is 10.5 Å². The van der Waals surface area contributed by atoms with Crippen molar-refractivity contribution >= 4 is 27.1 Å². The number of hydrogen-bond donors (Lipinski definition) is 2. The summed E-state index contributed by atoms with van der Waals surface area (Å²) in [7, 11) is -3.67. The number of carbonyl (C=O) groups is 1. The smallest absolute Gasteiger partial charge is 0.241 e. The van der Waals surface area contributed by atoms with E-state index in [0.29, 0.717) is 35.7 Å². The number of fused-ring (bicyclic) bond motifs is 1. The number of ketones is 1. The Morgan fingerprint density at radius 2 is 1.97 bits per heavy atom. The number of carbonyl (C=O) groups excluding carboxylic acids is 1. The third-order valence-electron chi connectivity index (χ3n) is 6.15. The summed E-state index contributed by atoms with van der Waals surface area (Å²) in [6.45, 7) is 10.0. The van der Waals surface area contributed by atoms with E-state index in [1.54, 1.807) is 11.6 Å². The summed E-state index contributed by atoms with van der Waals surface area (Å²) in [6.07, 6.45) is 4.95. The van der Waals surface area contributed by atoms with Gasteiger partial charge in [-0.2, -0.15) is 0 Å². The van der Waals surface area contributed by atoms with E-state index in [9.17, 15) is 13.2 Å². The average Bonchev–Trinajstić information content (AvgIpc) is 3.25. The maximum absolute atomic E-state index is 13.2. The maximum Gasteiger partial charge on any atom is 0.241 e. The van der Waals surface area contributed by atoms with Gasteiger partial charge in [-0.15, -0.1) is 11.3 Å². The molecule has 3 N–H and O–H groups in total. The quantitative estimate of drug-likeness (QED) is 0.418. The van der Waals surface area contributed by atoms with Gasteiger partial charge in [0.2, 0.25) is 15.8 Å². The van der Waals surface area contributed by atoms with Crippen LogP contribution in [0.3, 0.4) is 0 Å². The van der Waals surface area contributed by atoms with E-state index >= 15 is 0 Å². The largest absolute Gasteiger partial charge is 0.487 e. The van der Waals surface area contributed by atoms with Crippen molar-refractivity contribution in [1.29, 1.82) is 0 Å². The van der Waals surface area contributed by atoms with E-state index < -0.39 is 16.1 Å². The number of rotatable bonds is 9. The molecule has 0 saturated carbocycles. The van der Waals surface area contributed by atoms with Gasteiger partial charge in [0.1, 0.15) is 11.4 Å². The molecule has 0 amide bonds. The standard InChI is InChI=1S/C23H33N3O4S2/c1-14-15(2)21(16(3)17-9-10-23(4,5)30-20(14)17)32(28,29)26-11-7-6-8-18(24)19(27)22-25-12-13-31-22/h12-13,18,26H,6-11,24H2,1-5H3/t18-/m0/s1. The number of thiazole rings is 1. The highest BCUT2D eigenvalue weighted by Crippen LogP contribution is 2.42. The van der Waals surface area contributed by atoms with Crippen molar-refractivity contribution in [3.63, 3.8) is 0 Å². The maximum atomic E-state index is 13.2. The highest BCUT2D eigenvalue weighted by Gasteiger charge is 2.33. The van der Waals surface area contributed by atoms with Gasteiger partial charge in [0.25, 0.3) is 0 Å². The van der Waals surface area contributed by atoms with Gasteiger partial charge in [-0.3, -0.25) is 4.79 Å². The molecule has 0 spiro atoms. The average molecular weight is 480 g/mol. The lowest BCUT2D eigenvalue weighted by molar-refractivity contribution is 0.0831. The number of unbranched alkanes of at least 4 members (excludes halogenated alkanes) is 1. The molecular formula is C23H33N3O4S2. The van der Waals surface area contributed by atoms with Gasteiger partial charge in [-0.25, -0.2) is 18.1 Å². The number of nitrogens with zero attached hydrogens (tertiary/aromatic N) is 1. The number of sulfonamides is 1. The zero-order valence-electron chi connectivity index (χ0n) is 19.4. The van der Waals surface area contributed by atoms with Crippen molar-refractivity contribution in [2.45, 2.75) is 83.3 Å². The molecule has 0 radical (unpaired) electrons. The van der Waals surface area contributed by atoms with E-state index in [1.807, 2.05) is 20.8 Å². The van der Waals surface area contributed by atoms with Crippen LogP contribution in [0.25, 0.3) is 0 Å². The molecule has 1 aromatic heterocycles. The lowest BCUT2D eigenvalue weighted by atomic mass is 9.88. The molecule has 1 atom stereocenters. The molecule has 32 heavy (non-hydrogen) atoms. The minimum absolute atomic E-state index is 0.165. The molecular weight excluding hydrogens is 446 g/mol. The highest BCUT2D eigenvalue weighted by molar-refractivity contribution is 7.89. The predicted octanol–water partition coefficient (Wildman–Crippen LogP) is 3.83. The first kappa shape index (κ1) is 24.8. The van der Waals surface area contributed by atoms with Crippen molar-refractivity contribution in [2.75, 3.05) is 6.54 Å². The van der Waals surface area contributed by atoms with Crippen LogP contribution < -0.4 is 15.2 Å². The summed E-state index contributed by atoms with van der Waals surface area (Å²) >= 11 is 1.28. The summed E-state index contributed by atoms with van der Waals surface area (Å²) in [5.74, 6) is 0.663. The summed E-state index contributed by atoms with van der Waals surface area (Å²) in [6, 6.07) is -0.616. The van der Waals surface area contributed by atoms with Crippen LogP contribution in [0.4, 0.5) is 0 Å². The number of nitrogens with two attached hydrogens (primary N) is 1. The van der Waals surface area contributed by atoms with Crippen molar-refractivity contribution < 1.29 is 17.9 Å². The Labute approximate surface area is 194 Å². The number of hydrogen-bond acceptors (Lipinski definition) is 7. The Kier molecular flexibility index (Phi) is 7.44. The second-order valence-corrected chi connectivity index (χ2v) is 11.7. The Balaban J connectivity index is 1.63. The molecule has 7 nitrogen and oxygen atoms in total. The van der Waals surface area contributed by atoms with Crippen molar-refractivity contribution in [1.82, 2.24) is 9.71 Å². The fourth-order valence-corrected chi connectivity index (χ4v) is 6.43. The summed E-state index contributed by atoms with van der Waals surface area (Å²) in [4.78, 5) is 16.5.